The van der Waals surface area contributed by atoms with Crippen LogP contribution in [-0.2, 0) is 0 Å². The lowest BCUT2D eigenvalue weighted by Crippen LogP contribution is -2.21. The number of benzene rings is 1. The van der Waals surface area contributed by atoms with E-state index in [0.29, 0.717) is 0 Å². The molecule has 0 aliphatic carbocycles. The minimum absolute atomic E-state index is 0.288. The Kier molecular flexibility index (Phi) is 4.18. The number of halogens is 3. The highest BCUT2D eigenvalue weighted by atomic mass is 19.2. The number of nitrogens with two attached hydrogens (primary N) is 1. The van der Waals surface area contributed by atoms with E-state index in [1.165, 1.54) is 6.92 Å². The fourth-order valence-electron chi connectivity index (χ4n) is 1.54. The summed E-state index contributed by atoms with van der Waals surface area (Å²) < 4.78 is 40.5. The fourth-order valence-corrected chi connectivity index (χ4v) is 1.54. The molecule has 0 heterocycles. The van der Waals surface area contributed by atoms with Gasteiger partial charge in [-0.1, -0.05) is 13.8 Å². The summed E-state index contributed by atoms with van der Waals surface area (Å²) in [6, 6.07) is 0. The topological polar surface area (TPSA) is 80.4 Å². The lowest BCUT2D eigenvalue weighted by molar-refractivity contribution is 0.0682. The van der Waals surface area contributed by atoms with Crippen LogP contribution in [0.1, 0.15) is 41.0 Å². The second-order valence-corrected chi connectivity index (χ2v) is 4.08. The fraction of sp³-hybridized carbons (Fsp3) is 0.333. The predicted molar refractivity (Wildman–Crippen MR) is 61.5 cm³/mol. The van der Waals surface area contributed by atoms with Gasteiger partial charge in [-0.15, -0.1) is 0 Å². The summed E-state index contributed by atoms with van der Waals surface area (Å²) in [6.07, 6.45) is 0.288. The van der Waals surface area contributed by atoms with Gasteiger partial charge < -0.3 is 10.8 Å². The molecule has 0 spiro atoms. The van der Waals surface area contributed by atoms with E-state index in [1.807, 2.05) is 0 Å². The van der Waals surface area contributed by atoms with Gasteiger partial charge in [0, 0.05) is 5.92 Å². The molecule has 19 heavy (non-hydrogen) atoms. The molecule has 1 atom stereocenters. The molecule has 0 fully saturated rings. The summed E-state index contributed by atoms with van der Waals surface area (Å²) in [5, 5.41) is 8.82. The van der Waals surface area contributed by atoms with Gasteiger partial charge in [0.15, 0.2) is 23.2 Å². The van der Waals surface area contributed by atoms with Crippen molar-refractivity contribution in [2.45, 2.75) is 20.3 Å². The van der Waals surface area contributed by atoms with Crippen LogP contribution in [0.3, 0.4) is 0 Å². The van der Waals surface area contributed by atoms with Crippen LogP contribution in [0, 0.1) is 23.4 Å². The summed E-state index contributed by atoms with van der Waals surface area (Å²) in [7, 11) is 0. The van der Waals surface area contributed by atoms with Crippen molar-refractivity contribution >= 4 is 17.4 Å². The van der Waals surface area contributed by atoms with Gasteiger partial charge >= 0.3 is 5.97 Å². The molecule has 1 rings (SSSR count). The van der Waals surface area contributed by atoms with E-state index in [2.05, 4.69) is 0 Å². The Bertz CT molecular complexity index is 558. The second kappa shape index (κ2) is 5.29. The zero-order valence-electron chi connectivity index (χ0n) is 10.3. The first-order chi connectivity index (χ1) is 8.73. The monoisotopic (exact) mass is 275 g/mol. The highest BCUT2D eigenvalue weighted by Crippen LogP contribution is 2.29. The third-order valence-electron chi connectivity index (χ3n) is 2.87. The summed E-state index contributed by atoms with van der Waals surface area (Å²) in [5.41, 5.74) is 1.46. The minimum Gasteiger partial charge on any atom is -0.478 e. The molecule has 1 aromatic rings. The largest absolute Gasteiger partial charge is 0.478 e. The molecule has 1 aromatic carbocycles. The molecule has 7 heteroatoms. The zero-order chi connectivity index (χ0) is 14.9. The van der Waals surface area contributed by atoms with Gasteiger partial charge in [-0.3, -0.25) is 4.79 Å². The number of nitrogen functional groups attached to an aromatic ring is 1. The van der Waals surface area contributed by atoms with Gasteiger partial charge in [0.05, 0.1) is 5.56 Å². The van der Waals surface area contributed by atoms with Gasteiger partial charge in [0.2, 0.25) is 0 Å². The maximum absolute atomic E-state index is 13.8. The molecule has 1 unspecified atom stereocenters. The highest BCUT2D eigenvalue weighted by molar-refractivity contribution is 6.07. The van der Waals surface area contributed by atoms with E-state index in [9.17, 15) is 22.8 Å². The molecule has 104 valence electrons. The molecular formula is C12H12F3NO3. The molecule has 4 nitrogen and oxygen atoms in total. The van der Waals surface area contributed by atoms with Crippen LogP contribution in [0.25, 0.3) is 0 Å². The lowest BCUT2D eigenvalue weighted by atomic mass is 9.92. The number of carboxylic acids is 1. The number of ketones is 1. The van der Waals surface area contributed by atoms with Crippen molar-refractivity contribution in [3.05, 3.63) is 28.6 Å². The maximum Gasteiger partial charge on any atom is 0.339 e. The first kappa shape index (κ1) is 15.0. The van der Waals surface area contributed by atoms with E-state index < -0.39 is 51.9 Å². The van der Waals surface area contributed by atoms with Crippen LogP contribution >= 0.6 is 0 Å². The average Bonchev–Trinajstić information content (AvgIpc) is 2.37. The van der Waals surface area contributed by atoms with Crippen LogP contribution in [-0.4, -0.2) is 16.9 Å². The number of anilines is 1. The Hall–Kier alpha value is -2.05. The molecule has 0 saturated heterocycles. The number of carboxylic acid groups (broad SMARTS) is 1. The molecule has 0 amide bonds. The highest BCUT2D eigenvalue weighted by Gasteiger charge is 2.32. The molecule has 3 N–H and O–H groups in total. The van der Waals surface area contributed by atoms with Crippen molar-refractivity contribution in [2.24, 2.45) is 5.92 Å². The third kappa shape index (κ3) is 2.40. The SMILES string of the molecule is CCC(C)C(=O)c1c(F)c(N)c(F)c(F)c1C(=O)O. The third-order valence-corrected chi connectivity index (χ3v) is 2.87. The first-order valence-electron chi connectivity index (χ1n) is 5.47. The summed E-state index contributed by atoms with van der Waals surface area (Å²) >= 11 is 0. The first-order valence-corrected chi connectivity index (χ1v) is 5.47. The van der Waals surface area contributed by atoms with Gasteiger partial charge in [-0.2, -0.15) is 0 Å². The quantitative estimate of drug-likeness (QED) is 0.503. The van der Waals surface area contributed by atoms with Crippen molar-refractivity contribution in [1.29, 1.82) is 0 Å². The second-order valence-electron chi connectivity index (χ2n) is 4.08. The Morgan fingerprint density at radius 3 is 2.11 bits per heavy atom. The molecule has 0 bridgehead atoms. The number of hydrogen-bond acceptors (Lipinski definition) is 3. The summed E-state index contributed by atoms with van der Waals surface area (Å²) in [4.78, 5) is 22.8. The Labute approximate surface area is 107 Å². The minimum atomic E-state index is -1.93. The van der Waals surface area contributed by atoms with Crippen molar-refractivity contribution < 1.29 is 27.9 Å². The van der Waals surface area contributed by atoms with Crippen molar-refractivity contribution in [3.63, 3.8) is 0 Å². The maximum atomic E-state index is 13.8. The molecule has 0 saturated carbocycles. The molecular weight excluding hydrogens is 263 g/mol. The van der Waals surface area contributed by atoms with Crippen LogP contribution in [0.5, 0.6) is 0 Å². The lowest BCUT2D eigenvalue weighted by Gasteiger charge is -2.14. The molecule has 0 aliphatic heterocycles. The van der Waals surface area contributed by atoms with Crippen molar-refractivity contribution in [3.8, 4) is 0 Å². The molecule has 0 aliphatic rings. The zero-order valence-corrected chi connectivity index (χ0v) is 10.3. The van der Waals surface area contributed by atoms with E-state index in [-0.39, 0.29) is 6.42 Å². The van der Waals surface area contributed by atoms with E-state index in [4.69, 9.17) is 10.8 Å². The van der Waals surface area contributed by atoms with Crippen molar-refractivity contribution in [1.82, 2.24) is 0 Å². The smallest absolute Gasteiger partial charge is 0.339 e. The number of carbonyl (C=O) groups is 2. The van der Waals surface area contributed by atoms with Crippen LogP contribution in [0.4, 0.5) is 18.9 Å². The summed E-state index contributed by atoms with van der Waals surface area (Å²) in [5.74, 6) is -8.78. The Balaban J connectivity index is 3.71. The van der Waals surface area contributed by atoms with E-state index in [0.717, 1.165) is 0 Å². The van der Waals surface area contributed by atoms with E-state index in [1.54, 1.807) is 6.92 Å². The average molecular weight is 275 g/mol. The number of aromatic carboxylic acids is 1. The standard InChI is InChI=1S/C12H12F3NO3/c1-3-4(2)11(17)5-6(12(18)19)7(13)9(15)10(16)8(5)14/h4H,3,16H2,1-2H3,(H,18,19). The molecule has 0 radical (unpaired) electrons. The predicted octanol–water partition coefficient (Wildman–Crippen LogP) is 2.61. The van der Waals surface area contributed by atoms with Gasteiger partial charge in [-0.25, -0.2) is 18.0 Å². The van der Waals surface area contributed by atoms with Crippen molar-refractivity contribution in [2.75, 3.05) is 5.73 Å². The van der Waals surface area contributed by atoms with Crippen LogP contribution in [0.15, 0.2) is 0 Å². The number of carbonyl (C=O) groups excluding carboxylic acids is 1. The number of Topliss-reactive ketones (excluding diaryl/α,β-unsaturated/α-hetero) is 1. The van der Waals surface area contributed by atoms with Crippen LogP contribution in [0.2, 0.25) is 0 Å². The molecule has 0 aromatic heterocycles. The summed E-state index contributed by atoms with van der Waals surface area (Å²) in [6.45, 7) is 3.04. The number of rotatable bonds is 4. The van der Waals surface area contributed by atoms with Gasteiger partial charge in [-0.05, 0) is 6.42 Å². The normalized spacial score (nSPS) is 12.3. The number of hydrogen-bond donors (Lipinski definition) is 2. The van der Waals surface area contributed by atoms with E-state index >= 15 is 0 Å². The van der Waals surface area contributed by atoms with Gasteiger partial charge in [0.25, 0.3) is 0 Å². The Morgan fingerprint density at radius 2 is 1.68 bits per heavy atom. The van der Waals surface area contributed by atoms with Gasteiger partial charge in [0.1, 0.15) is 11.3 Å². The van der Waals surface area contributed by atoms with Crippen LogP contribution < -0.4 is 5.73 Å². The Morgan fingerprint density at radius 1 is 1.16 bits per heavy atom.